The molecule has 2 aromatic rings. The summed E-state index contributed by atoms with van der Waals surface area (Å²) in [6, 6.07) is 10.4. The van der Waals surface area contributed by atoms with E-state index in [0.29, 0.717) is 12.2 Å². The molecule has 0 heterocycles. The van der Waals surface area contributed by atoms with Crippen molar-refractivity contribution in [1.29, 1.82) is 0 Å². The van der Waals surface area contributed by atoms with E-state index in [1.807, 2.05) is 0 Å². The first-order valence-electron chi connectivity index (χ1n) is 5.75. The summed E-state index contributed by atoms with van der Waals surface area (Å²) in [5.41, 5.74) is 0.529. The SMILES string of the molecule is Oc1ccc(CNc2ccc(Br)c(C(F)(F)F)c2)cc1. The van der Waals surface area contributed by atoms with Gasteiger partial charge in [-0.15, -0.1) is 0 Å². The van der Waals surface area contributed by atoms with Crippen LogP contribution in [-0.4, -0.2) is 5.11 Å². The molecule has 0 unspecified atom stereocenters. The number of hydrogen-bond donors (Lipinski definition) is 2. The molecule has 2 N–H and O–H groups in total. The zero-order valence-electron chi connectivity index (χ0n) is 10.2. The van der Waals surface area contributed by atoms with Crippen molar-refractivity contribution < 1.29 is 18.3 Å². The molecule has 0 aromatic heterocycles. The first-order chi connectivity index (χ1) is 9.36. The van der Waals surface area contributed by atoms with Crippen LogP contribution in [0, 0.1) is 0 Å². The van der Waals surface area contributed by atoms with Crippen LogP contribution >= 0.6 is 15.9 Å². The van der Waals surface area contributed by atoms with E-state index in [2.05, 4.69) is 21.2 Å². The Labute approximate surface area is 122 Å². The molecule has 0 radical (unpaired) electrons. The summed E-state index contributed by atoms with van der Waals surface area (Å²) in [5.74, 6) is 0.150. The number of phenolic OH excluding ortho intramolecular Hbond substituents is 1. The van der Waals surface area contributed by atoms with Crippen LogP contribution in [-0.2, 0) is 12.7 Å². The monoisotopic (exact) mass is 345 g/mol. The summed E-state index contributed by atoms with van der Waals surface area (Å²) < 4.78 is 38.3. The van der Waals surface area contributed by atoms with Gasteiger partial charge in [-0.1, -0.05) is 28.1 Å². The van der Waals surface area contributed by atoms with Gasteiger partial charge in [0.1, 0.15) is 5.75 Å². The second-order valence-corrected chi connectivity index (χ2v) is 5.07. The average molecular weight is 346 g/mol. The van der Waals surface area contributed by atoms with Gasteiger partial charge in [0.2, 0.25) is 0 Å². The lowest BCUT2D eigenvalue weighted by molar-refractivity contribution is -0.138. The number of rotatable bonds is 3. The topological polar surface area (TPSA) is 32.3 Å². The maximum absolute atomic E-state index is 12.8. The summed E-state index contributed by atoms with van der Waals surface area (Å²) >= 11 is 2.89. The zero-order chi connectivity index (χ0) is 14.8. The number of aromatic hydroxyl groups is 1. The predicted molar refractivity (Wildman–Crippen MR) is 74.6 cm³/mol. The third-order valence-electron chi connectivity index (χ3n) is 2.70. The highest BCUT2D eigenvalue weighted by Gasteiger charge is 2.33. The van der Waals surface area contributed by atoms with Crippen LogP contribution in [0.4, 0.5) is 18.9 Å². The predicted octanol–water partition coefficient (Wildman–Crippen LogP) is 4.79. The molecule has 20 heavy (non-hydrogen) atoms. The molecule has 0 aliphatic heterocycles. The van der Waals surface area contributed by atoms with Crippen molar-refractivity contribution in [3.8, 4) is 5.75 Å². The molecule has 6 heteroatoms. The second kappa shape index (κ2) is 5.75. The van der Waals surface area contributed by atoms with Gasteiger partial charge >= 0.3 is 6.18 Å². The van der Waals surface area contributed by atoms with Gasteiger partial charge in [0.15, 0.2) is 0 Å². The fourth-order valence-corrected chi connectivity index (χ4v) is 2.14. The van der Waals surface area contributed by atoms with Crippen LogP contribution in [0.2, 0.25) is 0 Å². The molecule has 2 nitrogen and oxygen atoms in total. The standard InChI is InChI=1S/C14H11BrF3NO/c15-13-6-3-10(7-12(13)14(16,17)18)19-8-9-1-4-11(20)5-2-9/h1-7,19-20H,8H2. The van der Waals surface area contributed by atoms with E-state index in [0.717, 1.165) is 11.6 Å². The number of benzene rings is 2. The summed E-state index contributed by atoms with van der Waals surface area (Å²) in [6.07, 6.45) is -4.39. The van der Waals surface area contributed by atoms with Crippen molar-refractivity contribution in [1.82, 2.24) is 0 Å². The molecule has 2 aromatic carbocycles. The van der Waals surface area contributed by atoms with Crippen LogP contribution in [0.15, 0.2) is 46.9 Å². The summed E-state index contributed by atoms with van der Waals surface area (Å²) in [5, 5.41) is 12.1. The van der Waals surface area contributed by atoms with Crippen LogP contribution in [0.5, 0.6) is 5.75 Å². The Balaban J connectivity index is 2.12. The number of hydrogen-bond acceptors (Lipinski definition) is 2. The molecule has 0 saturated heterocycles. The van der Waals surface area contributed by atoms with Gasteiger partial charge < -0.3 is 10.4 Å². The molecule has 2 rings (SSSR count). The number of phenols is 1. The Morgan fingerprint density at radius 1 is 1.05 bits per heavy atom. The minimum Gasteiger partial charge on any atom is -0.508 e. The number of nitrogens with one attached hydrogen (secondary N) is 1. The molecule has 0 fully saturated rings. The molecule has 0 aliphatic rings. The van der Waals surface area contributed by atoms with Gasteiger partial charge in [0.25, 0.3) is 0 Å². The maximum Gasteiger partial charge on any atom is 0.417 e. The summed E-state index contributed by atoms with van der Waals surface area (Å²) in [6.45, 7) is 0.374. The Hall–Kier alpha value is -1.69. The smallest absolute Gasteiger partial charge is 0.417 e. The van der Waals surface area contributed by atoms with Crippen molar-refractivity contribution in [3.05, 3.63) is 58.1 Å². The lowest BCUT2D eigenvalue weighted by Gasteiger charge is -2.12. The highest BCUT2D eigenvalue weighted by atomic mass is 79.9. The molecule has 0 aliphatic carbocycles. The molecule has 0 spiro atoms. The minimum absolute atomic E-state index is 0.0141. The molecule has 0 saturated carbocycles. The minimum atomic E-state index is -4.39. The van der Waals surface area contributed by atoms with E-state index < -0.39 is 11.7 Å². The second-order valence-electron chi connectivity index (χ2n) is 4.21. The van der Waals surface area contributed by atoms with Crippen molar-refractivity contribution >= 4 is 21.6 Å². The lowest BCUT2D eigenvalue weighted by Crippen LogP contribution is -2.07. The van der Waals surface area contributed by atoms with Gasteiger partial charge in [-0.05, 0) is 35.9 Å². The molecule has 0 bridgehead atoms. The largest absolute Gasteiger partial charge is 0.508 e. The normalized spacial score (nSPS) is 11.4. The third-order valence-corrected chi connectivity index (χ3v) is 3.40. The van der Waals surface area contributed by atoms with Crippen molar-refractivity contribution in [3.63, 3.8) is 0 Å². The first kappa shape index (κ1) is 14.7. The fourth-order valence-electron chi connectivity index (χ4n) is 1.67. The highest BCUT2D eigenvalue weighted by Crippen LogP contribution is 2.36. The Morgan fingerprint density at radius 2 is 1.70 bits per heavy atom. The Kier molecular flexibility index (Phi) is 4.23. The lowest BCUT2D eigenvalue weighted by atomic mass is 10.1. The Bertz CT molecular complexity index is 596. The van der Waals surface area contributed by atoms with E-state index in [1.54, 1.807) is 18.2 Å². The van der Waals surface area contributed by atoms with Crippen molar-refractivity contribution in [2.45, 2.75) is 12.7 Å². The van der Waals surface area contributed by atoms with Crippen LogP contribution in [0.1, 0.15) is 11.1 Å². The van der Waals surface area contributed by atoms with E-state index in [4.69, 9.17) is 5.11 Å². The van der Waals surface area contributed by atoms with Gasteiger partial charge in [-0.2, -0.15) is 13.2 Å². The van der Waals surface area contributed by atoms with Gasteiger partial charge in [0.05, 0.1) is 5.56 Å². The van der Waals surface area contributed by atoms with Crippen LogP contribution < -0.4 is 5.32 Å². The molecular formula is C14H11BrF3NO. The van der Waals surface area contributed by atoms with Gasteiger partial charge in [0, 0.05) is 16.7 Å². The summed E-state index contributed by atoms with van der Waals surface area (Å²) in [7, 11) is 0. The summed E-state index contributed by atoms with van der Waals surface area (Å²) in [4.78, 5) is 0. The van der Waals surface area contributed by atoms with E-state index >= 15 is 0 Å². The molecule has 106 valence electrons. The fraction of sp³-hybridized carbons (Fsp3) is 0.143. The number of alkyl halides is 3. The van der Waals surface area contributed by atoms with Gasteiger partial charge in [-0.25, -0.2) is 0 Å². The highest BCUT2D eigenvalue weighted by molar-refractivity contribution is 9.10. The van der Waals surface area contributed by atoms with E-state index in [9.17, 15) is 13.2 Å². The molecule has 0 amide bonds. The molecular weight excluding hydrogens is 335 g/mol. The van der Waals surface area contributed by atoms with Crippen LogP contribution in [0.25, 0.3) is 0 Å². The number of halogens is 4. The van der Waals surface area contributed by atoms with Crippen LogP contribution in [0.3, 0.4) is 0 Å². The van der Waals surface area contributed by atoms with Crippen molar-refractivity contribution in [2.75, 3.05) is 5.32 Å². The average Bonchev–Trinajstić information content (AvgIpc) is 2.38. The third kappa shape index (κ3) is 3.66. The number of anilines is 1. The van der Waals surface area contributed by atoms with Crippen molar-refractivity contribution in [2.24, 2.45) is 0 Å². The first-order valence-corrected chi connectivity index (χ1v) is 6.54. The zero-order valence-corrected chi connectivity index (χ0v) is 11.8. The Morgan fingerprint density at radius 3 is 2.30 bits per heavy atom. The maximum atomic E-state index is 12.8. The van der Waals surface area contributed by atoms with E-state index in [1.165, 1.54) is 18.2 Å². The van der Waals surface area contributed by atoms with Gasteiger partial charge in [-0.3, -0.25) is 0 Å². The van der Waals surface area contributed by atoms with E-state index in [-0.39, 0.29) is 10.2 Å². The molecule has 0 atom stereocenters. The quantitative estimate of drug-likeness (QED) is 0.838.